The monoisotopic (exact) mass is 266 g/mol. The van der Waals surface area contributed by atoms with Gasteiger partial charge in [-0.2, -0.15) is 0 Å². The molecule has 0 aromatic carbocycles. The van der Waals surface area contributed by atoms with Gasteiger partial charge in [-0.25, -0.2) is 0 Å². The first kappa shape index (κ1) is 14.1. The first-order chi connectivity index (χ1) is 9.02. The van der Waals surface area contributed by atoms with E-state index in [2.05, 4.69) is 19.2 Å². The van der Waals surface area contributed by atoms with Crippen molar-refractivity contribution in [2.24, 2.45) is 5.41 Å². The highest BCUT2D eigenvalue weighted by atomic mass is 16.3. The summed E-state index contributed by atoms with van der Waals surface area (Å²) in [6.07, 6.45) is 2.07. The van der Waals surface area contributed by atoms with E-state index in [9.17, 15) is 4.79 Å². The van der Waals surface area contributed by atoms with Crippen LogP contribution < -0.4 is 5.32 Å². The molecule has 2 N–H and O–H groups in total. The lowest BCUT2D eigenvalue weighted by atomic mass is 9.93. The molecule has 1 atom stereocenters. The summed E-state index contributed by atoms with van der Waals surface area (Å²) < 4.78 is 5.33. The summed E-state index contributed by atoms with van der Waals surface area (Å²) in [5, 5.41) is 12.3. The Morgan fingerprint density at radius 3 is 3.00 bits per heavy atom. The van der Waals surface area contributed by atoms with Gasteiger partial charge >= 0.3 is 0 Å². The summed E-state index contributed by atoms with van der Waals surface area (Å²) in [7, 11) is 0. The van der Waals surface area contributed by atoms with Crippen LogP contribution in [0, 0.1) is 5.41 Å². The zero-order valence-electron chi connectivity index (χ0n) is 11.6. The summed E-state index contributed by atoms with van der Waals surface area (Å²) >= 11 is 0. The van der Waals surface area contributed by atoms with Gasteiger partial charge in [0.2, 0.25) is 5.91 Å². The lowest BCUT2D eigenvalue weighted by Gasteiger charge is -2.28. The molecule has 2 rings (SSSR count). The van der Waals surface area contributed by atoms with E-state index in [0.717, 1.165) is 12.3 Å². The van der Waals surface area contributed by atoms with Crippen LogP contribution in [0.1, 0.15) is 26.0 Å². The minimum absolute atomic E-state index is 0.00641. The van der Waals surface area contributed by atoms with E-state index in [0.29, 0.717) is 19.5 Å². The number of amides is 1. The van der Waals surface area contributed by atoms with Gasteiger partial charge in [0, 0.05) is 19.7 Å². The third kappa shape index (κ3) is 3.58. The molecule has 1 unspecified atom stereocenters. The van der Waals surface area contributed by atoms with Crippen molar-refractivity contribution in [2.45, 2.75) is 32.9 Å². The van der Waals surface area contributed by atoms with E-state index in [1.165, 1.54) is 0 Å². The van der Waals surface area contributed by atoms with Gasteiger partial charge < -0.3 is 19.7 Å². The van der Waals surface area contributed by atoms with Gasteiger partial charge in [-0.1, -0.05) is 13.8 Å². The number of hydrogen-bond acceptors (Lipinski definition) is 4. The summed E-state index contributed by atoms with van der Waals surface area (Å²) in [5.41, 5.74) is 0.00641. The van der Waals surface area contributed by atoms with E-state index < -0.39 is 0 Å². The number of furan rings is 1. The molecule has 5 nitrogen and oxygen atoms in total. The standard InChI is InChI=1S/C14H22N2O3/c1-14(2)9-15-12(5-6-17)13(18)16(10-14)8-11-4-3-7-19-11/h3-4,7,12,15,17H,5-6,8-10H2,1-2H3. The van der Waals surface area contributed by atoms with Crippen molar-refractivity contribution in [1.82, 2.24) is 10.2 Å². The van der Waals surface area contributed by atoms with Crippen molar-refractivity contribution >= 4 is 5.91 Å². The molecular formula is C14H22N2O3. The van der Waals surface area contributed by atoms with Gasteiger partial charge in [-0.15, -0.1) is 0 Å². The van der Waals surface area contributed by atoms with Crippen molar-refractivity contribution in [3.63, 3.8) is 0 Å². The lowest BCUT2D eigenvalue weighted by Crippen LogP contribution is -2.43. The Morgan fingerprint density at radius 2 is 2.37 bits per heavy atom. The van der Waals surface area contributed by atoms with Gasteiger partial charge in [-0.3, -0.25) is 4.79 Å². The minimum atomic E-state index is -0.304. The van der Waals surface area contributed by atoms with E-state index in [1.54, 1.807) is 6.26 Å². The zero-order valence-corrected chi connectivity index (χ0v) is 11.6. The molecule has 0 bridgehead atoms. The van der Waals surface area contributed by atoms with Crippen LogP contribution >= 0.6 is 0 Å². The van der Waals surface area contributed by atoms with Crippen molar-refractivity contribution in [3.8, 4) is 0 Å². The predicted molar refractivity (Wildman–Crippen MR) is 71.4 cm³/mol. The van der Waals surface area contributed by atoms with Crippen molar-refractivity contribution in [3.05, 3.63) is 24.2 Å². The highest BCUT2D eigenvalue weighted by Gasteiger charge is 2.34. The first-order valence-corrected chi connectivity index (χ1v) is 6.67. The van der Waals surface area contributed by atoms with Crippen molar-refractivity contribution in [1.29, 1.82) is 0 Å². The molecule has 0 radical (unpaired) electrons. The van der Waals surface area contributed by atoms with Gasteiger partial charge in [-0.05, 0) is 24.0 Å². The quantitative estimate of drug-likeness (QED) is 0.853. The van der Waals surface area contributed by atoms with Crippen LogP contribution in [-0.2, 0) is 11.3 Å². The smallest absolute Gasteiger partial charge is 0.240 e. The third-order valence-corrected chi connectivity index (χ3v) is 3.40. The molecule has 19 heavy (non-hydrogen) atoms. The fourth-order valence-electron chi connectivity index (χ4n) is 2.44. The molecule has 1 aromatic heterocycles. The number of carbonyl (C=O) groups excluding carboxylic acids is 1. The number of aliphatic hydroxyl groups is 1. The number of nitrogens with zero attached hydrogens (tertiary/aromatic N) is 1. The normalized spacial score (nSPS) is 23.4. The van der Waals surface area contributed by atoms with Crippen LogP contribution in [0.5, 0.6) is 0 Å². The molecule has 106 valence electrons. The third-order valence-electron chi connectivity index (χ3n) is 3.40. The molecule has 1 aliphatic rings. The van der Waals surface area contributed by atoms with Crippen LogP contribution in [0.2, 0.25) is 0 Å². The molecule has 0 saturated carbocycles. The molecule has 1 amide bonds. The largest absolute Gasteiger partial charge is 0.467 e. The number of hydrogen-bond donors (Lipinski definition) is 2. The Kier molecular flexibility index (Phi) is 4.27. The maximum Gasteiger partial charge on any atom is 0.240 e. The second-order valence-electron chi connectivity index (χ2n) is 5.88. The molecule has 5 heteroatoms. The van der Waals surface area contributed by atoms with Crippen LogP contribution in [-0.4, -0.2) is 41.7 Å². The Balaban J connectivity index is 2.14. The maximum absolute atomic E-state index is 12.5. The van der Waals surface area contributed by atoms with Crippen LogP contribution in [0.4, 0.5) is 0 Å². The topological polar surface area (TPSA) is 65.7 Å². The van der Waals surface area contributed by atoms with Gasteiger partial charge in [0.25, 0.3) is 0 Å². The Morgan fingerprint density at radius 1 is 1.58 bits per heavy atom. The summed E-state index contributed by atoms with van der Waals surface area (Å²) in [6, 6.07) is 3.40. The lowest BCUT2D eigenvalue weighted by molar-refractivity contribution is -0.134. The Bertz CT molecular complexity index is 414. The predicted octanol–water partition coefficient (Wildman–Crippen LogP) is 0.989. The number of carbonyl (C=O) groups is 1. The molecule has 1 aromatic rings. The first-order valence-electron chi connectivity index (χ1n) is 6.67. The number of rotatable bonds is 4. The molecule has 2 heterocycles. The second-order valence-corrected chi connectivity index (χ2v) is 5.88. The SMILES string of the molecule is CC1(C)CNC(CCO)C(=O)N(Cc2ccco2)C1. The maximum atomic E-state index is 12.5. The van der Waals surface area contributed by atoms with Gasteiger partial charge in [0.15, 0.2) is 0 Å². The average molecular weight is 266 g/mol. The molecular weight excluding hydrogens is 244 g/mol. The summed E-state index contributed by atoms with van der Waals surface area (Å²) in [6.45, 7) is 6.20. The number of nitrogens with one attached hydrogen (secondary N) is 1. The van der Waals surface area contributed by atoms with Crippen LogP contribution in [0.3, 0.4) is 0 Å². The molecule has 0 aliphatic carbocycles. The molecule has 0 spiro atoms. The van der Waals surface area contributed by atoms with Crippen LogP contribution in [0.25, 0.3) is 0 Å². The Labute approximate surface area is 113 Å². The molecule has 1 fully saturated rings. The fraction of sp³-hybridized carbons (Fsp3) is 0.643. The molecule has 1 aliphatic heterocycles. The fourth-order valence-corrected chi connectivity index (χ4v) is 2.44. The highest BCUT2D eigenvalue weighted by molar-refractivity contribution is 5.82. The van der Waals surface area contributed by atoms with E-state index in [1.807, 2.05) is 17.0 Å². The van der Waals surface area contributed by atoms with E-state index >= 15 is 0 Å². The average Bonchev–Trinajstić information content (AvgIpc) is 2.82. The van der Waals surface area contributed by atoms with E-state index in [4.69, 9.17) is 9.52 Å². The number of aliphatic hydroxyl groups excluding tert-OH is 1. The van der Waals surface area contributed by atoms with Crippen molar-refractivity contribution < 1.29 is 14.3 Å². The summed E-state index contributed by atoms with van der Waals surface area (Å²) in [4.78, 5) is 14.3. The zero-order chi connectivity index (χ0) is 13.9. The van der Waals surface area contributed by atoms with E-state index in [-0.39, 0.29) is 24.0 Å². The Hall–Kier alpha value is -1.33. The highest BCUT2D eigenvalue weighted by Crippen LogP contribution is 2.22. The second kappa shape index (κ2) is 5.75. The summed E-state index contributed by atoms with van der Waals surface area (Å²) in [5.74, 6) is 0.824. The van der Waals surface area contributed by atoms with Crippen LogP contribution in [0.15, 0.2) is 22.8 Å². The van der Waals surface area contributed by atoms with Crippen molar-refractivity contribution in [2.75, 3.05) is 19.7 Å². The molecule has 1 saturated heterocycles. The van der Waals surface area contributed by atoms with Gasteiger partial charge in [0.05, 0.1) is 18.8 Å². The van der Waals surface area contributed by atoms with Gasteiger partial charge in [0.1, 0.15) is 5.76 Å². The minimum Gasteiger partial charge on any atom is -0.467 e.